The largest absolute Gasteiger partial charge is 0.411 e. The molecule has 15 heavy (non-hydrogen) atoms. The monoisotopic (exact) mass is 247 g/mol. The summed E-state index contributed by atoms with van der Waals surface area (Å²) in [7, 11) is 0. The first kappa shape index (κ1) is 15.0. The first-order valence-corrected chi connectivity index (χ1v) is 5.40. The summed E-state index contributed by atoms with van der Waals surface area (Å²) in [5.74, 6) is 0.958. The van der Waals surface area contributed by atoms with Crippen LogP contribution in [0.1, 0.15) is 13.3 Å². The van der Waals surface area contributed by atoms with Crippen LogP contribution in [0.25, 0.3) is 0 Å². The molecule has 0 saturated heterocycles. The van der Waals surface area contributed by atoms with Crippen LogP contribution in [-0.2, 0) is 4.74 Å². The topological polar surface area (TPSA) is 21.3 Å². The number of nitrogens with one attached hydrogen (secondary N) is 1. The van der Waals surface area contributed by atoms with Crippen molar-refractivity contribution in [3.8, 4) is 0 Å². The molecular weight excluding hydrogens is 231 g/mol. The van der Waals surface area contributed by atoms with Crippen molar-refractivity contribution in [2.45, 2.75) is 19.5 Å². The Balaban J connectivity index is 3.12. The van der Waals surface area contributed by atoms with Gasteiger partial charge in [0.25, 0.3) is 0 Å². The number of ether oxygens (including phenoxy) is 1. The molecule has 0 aromatic rings. The molecule has 0 aliphatic rings. The molecule has 1 atom stereocenters. The Morgan fingerprint density at radius 3 is 2.60 bits per heavy atom. The average Bonchev–Trinajstić information content (AvgIpc) is 2.14. The Kier molecular flexibility index (Phi) is 8.19. The molecule has 2 nitrogen and oxygen atoms in total. The standard InChI is InChI=1S/C9H17ClF3NO/c1-8(5-10)6-14-3-2-4-15-7-9(11,12)13/h8,14H,2-7H2,1H3. The van der Waals surface area contributed by atoms with Gasteiger partial charge < -0.3 is 10.1 Å². The Bertz CT molecular complexity index is 155. The lowest BCUT2D eigenvalue weighted by Gasteiger charge is -2.10. The molecular formula is C9H17ClF3NO. The zero-order chi connectivity index (χ0) is 11.7. The van der Waals surface area contributed by atoms with E-state index in [9.17, 15) is 13.2 Å². The van der Waals surface area contributed by atoms with E-state index in [1.165, 1.54) is 0 Å². The van der Waals surface area contributed by atoms with Gasteiger partial charge in [-0.3, -0.25) is 0 Å². The van der Waals surface area contributed by atoms with E-state index in [-0.39, 0.29) is 6.61 Å². The predicted molar refractivity (Wildman–Crippen MR) is 54.2 cm³/mol. The zero-order valence-electron chi connectivity index (χ0n) is 8.74. The van der Waals surface area contributed by atoms with E-state index in [4.69, 9.17) is 11.6 Å². The van der Waals surface area contributed by atoms with Crippen molar-refractivity contribution in [1.82, 2.24) is 5.32 Å². The Labute approximate surface area is 93.1 Å². The second kappa shape index (κ2) is 8.19. The minimum atomic E-state index is -4.22. The van der Waals surface area contributed by atoms with Gasteiger partial charge in [-0.15, -0.1) is 11.6 Å². The third-order valence-corrected chi connectivity index (χ3v) is 2.19. The summed E-state index contributed by atoms with van der Waals surface area (Å²) in [4.78, 5) is 0. The van der Waals surface area contributed by atoms with Crippen LogP contribution in [0.4, 0.5) is 13.2 Å². The second-order valence-electron chi connectivity index (χ2n) is 3.48. The van der Waals surface area contributed by atoms with Crippen LogP contribution >= 0.6 is 11.6 Å². The molecule has 0 amide bonds. The van der Waals surface area contributed by atoms with E-state index < -0.39 is 12.8 Å². The molecule has 0 aliphatic heterocycles. The van der Waals surface area contributed by atoms with E-state index in [1.807, 2.05) is 6.92 Å². The van der Waals surface area contributed by atoms with Crippen LogP contribution in [0.5, 0.6) is 0 Å². The third-order valence-electron chi connectivity index (χ3n) is 1.66. The minimum Gasteiger partial charge on any atom is -0.372 e. The van der Waals surface area contributed by atoms with Gasteiger partial charge in [-0.2, -0.15) is 13.2 Å². The molecule has 0 aromatic carbocycles. The quantitative estimate of drug-likeness (QED) is 0.525. The van der Waals surface area contributed by atoms with Gasteiger partial charge in [0.05, 0.1) is 0 Å². The van der Waals surface area contributed by atoms with Crippen LogP contribution in [0.2, 0.25) is 0 Å². The second-order valence-corrected chi connectivity index (χ2v) is 3.79. The molecule has 0 rings (SSSR count). The van der Waals surface area contributed by atoms with Crippen LogP contribution in [0, 0.1) is 5.92 Å². The van der Waals surface area contributed by atoms with Crippen LogP contribution in [0.15, 0.2) is 0 Å². The molecule has 0 radical (unpaired) electrons. The van der Waals surface area contributed by atoms with Gasteiger partial charge in [0.15, 0.2) is 0 Å². The van der Waals surface area contributed by atoms with Gasteiger partial charge in [-0.1, -0.05) is 6.92 Å². The van der Waals surface area contributed by atoms with Crippen molar-refractivity contribution in [3.05, 3.63) is 0 Å². The Morgan fingerprint density at radius 2 is 2.07 bits per heavy atom. The number of alkyl halides is 4. The number of rotatable bonds is 8. The lowest BCUT2D eigenvalue weighted by molar-refractivity contribution is -0.173. The summed E-state index contributed by atoms with van der Waals surface area (Å²) >= 11 is 5.58. The molecule has 6 heteroatoms. The van der Waals surface area contributed by atoms with Crippen molar-refractivity contribution in [2.75, 3.05) is 32.2 Å². The maximum atomic E-state index is 11.6. The molecule has 0 heterocycles. The molecule has 0 spiro atoms. The van der Waals surface area contributed by atoms with Crippen molar-refractivity contribution >= 4 is 11.6 Å². The predicted octanol–water partition coefficient (Wildman–Crippen LogP) is 2.42. The fourth-order valence-corrected chi connectivity index (χ4v) is 0.999. The van der Waals surface area contributed by atoms with Gasteiger partial charge in [-0.05, 0) is 25.4 Å². The molecule has 0 aromatic heterocycles. The molecule has 0 saturated carbocycles. The Morgan fingerprint density at radius 1 is 1.40 bits per heavy atom. The molecule has 1 unspecified atom stereocenters. The van der Waals surface area contributed by atoms with Gasteiger partial charge >= 0.3 is 6.18 Å². The minimum absolute atomic E-state index is 0.127. The normalized spacial score (nSPS) is 14.2. The number of halogens is 4. The van der Waals surface area contributed by atoms with E-state index >= 15 is 0 Å². The van der Waals surface area contributed by atoms with Crippen LogP contribution in [0.3, 0.4) is 0 Å². The smallest absolute Gasteiger partial charge is 0.372 e. The summed E-state index contributed by atoms with van der Waals surface area (Å²) in [6.07, 6.45) is -3.65. The number of hydrogen-bond donors (Lipinski definition) is 1. The summed E-state index contributed by atoms with van der Waals surface area (Å²) in [6, 6.07) is 0. The fraction of sp³-hybridized carbons (Fsp3) is 1.00. The van der Waals surface area contributed by atoms with Crippen molar-refractivity contribution < 1.29 is 17.9 Å². The highest BCUT2D eigenvalue weighted by atomic mass is 35.5. The first-order valence-electron chi connectivity index (χ1n) is 4.87. The van der Waals surface area contributed by atoms with Crippen LogP contribution < -0.4 is 5.32 Å². The van der Waals surface area contributed by atoms with E-state index in [0.717, 1.165) is 6.54 Å². The highest BCUT2D eigenvalue weighted by Crippen LogP contribution is 2.14. The highest BCUT2D eigenvalue weighted by molar-refractivity contribution is 6.18. The van der Waals surface area contributed by atoms with E-state index in [1.54, 1.807) is 0 Å². The maximum Gasteiger partial charge on any atom is 0.411 e. The van der Waals surface area contributed by atoms with Crippen LogP contribution in [-0.4, -0.2) is 38.4 Å². The lowest BCUT2D eigenvalue weighted by atomic mass is 10.2. The highest BCUT2D eigenvalue weighted by Gasteiger charge is 2.27. The van der Waals surface area contributed by atoms with E-state index in [0.29, 0.717) is 24.8 Å². The average molecular weight is 248 g/mol. The first-order chi connectivity index (χ1) is 6.95. The molecule has 0 bridgehead atoms. The molecule has 1 N–H and O–H groups in total. The number of hydrogen-bond acceptors (Lipinski definition) is 2. The SMILES string of the molecule is CC(CCl)CNCCCOCC(F)(F)F. The fourth-order valence-electron chi connectivity index (χ4n) is 0.890. The maximum absolute atomic E-state index is 11.6. The zero-order valence-corrected chi connectivity index (χ0v) is 9.50. The van der Waals surface area contributed by atoms with Gasteiger partial charge in [0.2, 0.25) is 0 Å². The van der Waals surface area contributed by atoms with Gasteiger partial charge in [0.1, 0.15) is 6.61 Å². The Hall–Kier alpha value is -0.0000000000000000555. The summed E-state index contributed by atoms with van der Waals surface area (Å²) in [5, 5.41) is 3.09. The van der Waals surface area contributed by atoms with Crippen molar-refractivity contribution in [2.24, 2.45) is 5.92 Å². The van der Waals surface area contributed by atoms with Crippen molar-refractivity contribution in [1.29, 1.82) is 0 Å². The summed E-state index contributed by atoms with van der Waals surface area (Å²) < 4.78 is 39.3. The van der Waals surface area contributed by atoms with Gasteiger partial charge in [-0.25, -0.2) is 0 Å². The molecule has 0 aliphatic carbocycles. The van der Waals surface area contributed by atoms with E-state index in [2.05, 4.69) is 10.1 Å². The third kappa shape index (κ3) is 11.9. The summed E-state index contributed by atoms with van der Waals surface area (Å²) in [5.41, 5.74) is 0. The molecule has 0 fully saturated rings. The van der Waals surface area contributed by atoms with Crippen molar-refractivity contribution in [3.63, 3.8) is 0 Å². The molecule has 92 valence electrons. The summed E-state index contributed by atoms with van der Waals surface area (Å²) in [6.45, 7) is 2.40. The van der Waals surface area contributed by atoms with Gasteiger partial charge in [0, 0.05) is 12.5 Å². The lowest BCUT2D eigenvalue weighted by Crippen LogP contribution is -2.24.